The topological polar surface area (TPSA) is 52.5 Å². The smallest absolute Gasteiger partial charge is 0.401 e. The highest BCUT2D eigenvalue weighted by atomic mass is 19.4. The van der Waals surface area contributed by atoms with Crippen LogP contribution in [0, 0.1) is 0 Å². The summed E-state index contributed by atoms with van der Waals surface area (Å²) < 4.78 is 36.4. The second-order valence-corrected chi connectivity index (χ2v) is 4.01. The van der Waals surface area contributed by atoms with Crippen LogP contribution in [-0.2, 0) is 5.54 Å². The van der Waals surface area contributed by atoms with Crippen molar-refractivity contribution >= 4 is 0 Å². The molecule has 3 nitrogen and oxygen atoms in total. The Hall–Kier alpha value is -1.27. The first-order valence-electron chi connectivity index (χ1n) is 4.99. The molecule has 0 aliphatic rings. The van der Waals surface area contributed by atoms with Crippen molar-refractivity contribution < 1.29 is 23.4 Å². The fraction of sp³-hybridized carbons (Fsp3) is 0.455. The van der Waals surface area contributed by atoms with Crippen LogP contribution in [0.25, 0.3) is 0 Å². The Balaban J connectivity index is 2.88. The monoisotopic (exact) mass is 249 g/mol. The van der Waals surface area contributed by atoms with Crippen LogP contribution < -0.4 is 5.32 Å². The number of hydrogen-bond acceptors (Lipinski definition) is 3. The van der Waals surface area contributed by atoms with Gasteiger partial charge in [-0.1, -0.05) is 12.1 Å². The number of phenols is 1. The van der Waals surface area contributed by atoms with E-state index in [2.05, 4.69) is 5.32 Å². The maximum Gasteiger partial charge on any atom is 0.401 e. The molecule has 0 heterocycles. The van der Waals surface area contributed by atoms with Crippen molar-refractivity contribution in [3.05, 3.63) is 29.8 Å². The van der Waals surface area contributed by atoms with E-state index in [1.54, 1.807) is 6.07 Å². The minimum absolute atomic E-state index is 0.0593. The standard InChI is InChI=1S/C11H14F3NO2/c1-10(7-16,15-6-11(12,13)14)8-3-2-4-9(17)5-8/h2-5,15-17H,6-7H2,1H3. The molecule has 96 valence electrons. The number of aliphatic hydroxyl groups excluding tert-OH is 1. The number of aliphatic hydroxyl groups is 1. The van der Waals surface area contributed by atoms with Gasteiger partial charge in [-0.3, -0.25) is 5.32 Å². The lowest BCUT2D eigenvalue weighted by Gasteiger charge is -2.30. The first-order valence-corrected chi connectivity index (χ1v) is 4.99. The summed E-state index contributed by atoms with van der Waals surface area (Å²) in [6.07, 6.45) is -4.35. The van der Waals surface area contributed by atoms with Crippen LogP contribution in [0.4, 0.5) is 13.2 Å². The summed E-state index contributed by atoms with van der Waals surface area (Å²) in [4.78, 5) is 0. The molecule has 0 radical (unpaired) electrons. The molecule has 3 N–H and O–H groups in total. The molecule has 1 aromatic carbocycles. The second kappa shape index (κ2) is 4.93. The molecule has 0 saturated carbocycles. The lowest BCUT2D eigenvalue weighted by molar-refractivity contribution is -0.129. The van der Waals surface area contributed by atoms with Gasteiger partial charge in [0.25, 0.3) is 0 Å². The van der Waals surface area contributed by atoms with Crippen molar-refractivity contribution in [1.29, 1.82) is 0 Å². The molecule has 0 aliphatic heterocycles. The maximum absolute atomic E-state index is 12.1. The van der Waals surface area contributed by atoms with E-state index in [4.69, 9.17) is 0 Å². The fourth-order valence-corrected chi connectivity index (χ4v) is 1.39. The number of benzene rings is 1. The van der Waals surface area contributed by atoms with Crippen molar-refractivity contribution in [2.24, 2.45) is 0 Å². The zero-order valence-corrected chi connectivity index (χ0v) is 9.25. The highest BCUT2D eigenvalue weighted by Gasteiger charge is 2.33. The molecule has 0 aromatic heterocycles. The molecule has 0 aliphatic carbocycles. The Bertz CT molecular complexity index is 381. The van der Waals surface area contributed by atoms with Gasteiger partial charge >= 0.3 is 6.18 Å². The van der Waals surface area contributed by atoms with Gasteiger partial charge < -0.3 is 10.2 Å². The van der Waals surface area contributed by atoms with Crippen molar-refractivity contribution in [3.8, 4) is 5.75 Å². The van der Waals surface area contributed by atoms with E-state index in [1.807, 2.05) is 0 Å². The summed E-state index contributed by atoms with van der Waals surface area (Å²) in [5.41, 5.74) is -0.849. The number of phenolic OH excluding ortho intramolecular Hbond substituents is 1. The van der Waals surface area contributed by atoms with Gasteiger partial charge in [-0.2, -0.15) is 13.2 Å². The Morgan fingerprint density at radius 1 is 1.29 bits per heavy atom. The molecule has 0 saturated heterocycles. The minimum atomic E-state index is -4.35. The first kappa shape index (κ1) is 13.8. The number of halogens is 3. The third kappa shape index (κ3) is 3.90. The van der Waals surface area contributed by atoms with Crippen molar-refractivity contribution in [1.82, 2.24) is 5.32 Å². The van der Waals surface area contributed by atoms with Gasteiger partial charge in [0, 0.05) is 0 Å². The quantitative estimate of drug-likeness (QED) is 0.762. The van der Waals surface area contributed by atoms with Gasteiger partial charge in [-0.15, -0.1) is 0 Å². The van der Waals surface area contributed by atoms with Gasteiger partial charge in [-0.25, -0.2) is 0 Å². The SMILES string of the molecule is CC(CO)(NCC(F)(F)F)c1cccc(O)c1. The zero-order chi connectivity index (χ0) is 13.1. The molecule has 0 fully saturated rings. The maximum atomic E-state index is 12.1. The van der Waals surface area contributed by atoms with Crippen LogP contribution in [0.3, 0.4) is 0 Å². The van der Waals surface area contributed by atoms with Crippen molar-refractivity contribution in [2.75, 3.05) is 13.2 Å². The number of hydrogen-bond donors (Lipinski definition) is 3. The first-order chi connectivity index (χ1) is 7.77. The third-order valence-corrected chi connectivity index (χ3v) is 2.48. The summed E-state index contributed by atoms with van der Waals surface area (Å²) in [5, 5.41) is 20.7. The predicted octanol–water partition coefficient (Wildman–Crippen LogP) is 1.75. The Morgan fingerprint density at radius 2 is 1.94 bits per heavy atom. The predicted molar refractivity (Wildman–Crippen MR) is 56.6 cm³/mol. The number of alkyl halides is 3. The highest BCUT2D eigenvalue weighted by molar-refractivity contribution is 5.32. The van der Waals surface area contributed by atoms with E-state index in [-0.39, 0.29) is 5.75 Å². The average Bonchev–Trinajstić information content (AvgIpc) is 2.25. The van der Waals surface area contributed by atoms with Crippen molar-refractivity contribution in [2.45, 2.75) is 18.6 Å². The summed E-state index contributed by atoms with van der Waals surface area (Å²) >= 11 is 0. The Kier molecular flexibility index (Phi) is 4.00. The zero-order valence-electron chi connectivity index (χ0n) is 9.25. The third-order valence-electron chi connectivity index (χ3n) is 2.48. The normalized spacial score (nSPS) is 15.6. The number of nitrogens with one attached hydrogen (secondary N) is 1. The molecule has 0 bridgehead atoms. The summed E-state index contributed by atoms with van der Waals surface area (Å²) in [6, 6.07) is 5.78. The van der Waals surface area contributed by atoms with Crippen LogP contribution in [0.15, 0.2) is 24.3 Å². The lowest BCUT2D eigenvalue weighted by atomic mass is 9.92. The number of rotatable bonds is 4. The van der Waals surface area contributed by atoms with E-state index >= 15 is 0 Å². The minimum Gasteiger partial charge on any atom is -0.508 e. The molecule has 0 amide bonds. The van der Waals surface area contributed by atoms with Gasteiger partial charge in [0.05, 0.1) is 18.7 Å². The number of aromatic hydroxyl groups is 1. The van der Waals surface area contributed by atoms with E-state index < -0.39 is 24.9 Å². The Labute approximate surface area is 96.9 Å². The van der Waals surface area contributed by atoms with E-state index in [9.17, 15) is 23.4 Å². The van der Waals surface area contributed by atoms with Gasteiger partial charge in [0.2, 0.25) is 0 Å². The molecule has 1 aromatic rings. The molecule has 1 rings (SSSR count). The van der Waals surface area contributed by atoms with E-state index in [1.165, 1.54) is 25.1 Å². The van der Waals surface area contributed by atoms with Crippen LogP contribution in [0.5, 0.6) is 5.75 Å². The molecular formula is C11H14F3NO2. The van der Waals surface area contributed by atoms with Crippen LogP contribution in [-0.4, -0.2) is 29.5 Å². The van der Waals surface area contributed by atoms with E-state index in [0.29, 0.717) is 5.56 Å². The molecule has 6 heteroatoms. The highest BCUT2D eigenvalue weighted by Crippen LogP contribution is 2.25. The average molecular weight is 249 g/mol. The van der Waals surface area contributed by atoms with Gasteiger partial charge in [-0.05, 0) is 24.6 Å². The summed E-state index contributed by atoms with van der Waals surface area (Å²) in [7, 11) is 0. The molecule has 17 heavy (non-hydrogen) atoms. The Morgan fingerprint density at radius 3 is 2.41 bits per heavy atom. The van der Waals surface area contributed by atoms with Gasteiger partial charge in [0.15, 0.2) is 0 Å². The lowest BCUT2D eigenvalue weighted by Crippen LogP contribution is -2.47. The van der Waals surface area contributed by atoms with E-state index in [0.717, 1.165) is 0 Å². The molecule has 1 unspecified atom stereocenters. The largest absolute Gasteiger partial charge is 0.508 e. The van der Waals surface area contributed by atoms with Crippen molar-refractivity contribution in [3.63, 3.8) is 0 Å². The van der Waals surface area contributed by atoms with Gasteiger partial charge in [0.1, 0.15) is 5.75 Å². The molecule has 1 atom stereocenters. The molecular weight excluding hydrogens is 235 g/mol. The van der Waals surface area contributed by atoms with Crippen LogP contribution in [0.2, 0.25) is 0 Å². The fourth-order valence-electron chi connectivity index (χ4n) is 1.39. The summed E-state index contributed by atoms with van der Waals surface area (Å²) in [5.74, 6) is -0.0593. The van der Waals surface area contributed by atoms with Crippen LogP contribution in [0.1, 0.15) is 12.5 Å². The second-order valence-electron chi connectivity index (χ2n) is 4.01. The summed E-state index contributed by atoms with van der Waals surface area (Å²) in [6.45, 7) is -0.278. The van der Waals surface area contributed by atoms with Crippen LogP contribution >= 0.6 is 0 Å². The molecule has 0 spiro atoms.